The minimum Gasteiger partial charge on any atom is -0.507 e. The van der Waals surface area contributed by atoms with Crippen molar-refractivity contribution < 1.29 is 93.2 Å². The van der Waals surface area contributed by atoms with E-state index < -0.39 is 173 Å². The van der Waals surface area contributed by atoms with Crippen molar-refractivity contribution in [3.8, 4) is 34.5 Å². The zero-order chi connectivity index (χ0) is 57.8. The monoisotopic (exact) mass is 1110 g/mol. The molecule has 2 heterocycles. The second kappa shape index (κ2) is 20.6. The molecule has 424 valence electrons. The Balaban J connectivity index is 0.946. The molecule has 0 bridgehead atoms. The van der Waals surface area contributed by atoms with E-state index in [0.717, 1.165) is 0 Å². The lowest BCUT2D eigenvalue weighted by atomic mass is 9.71. The van der Waals surface area contributed by atoms with Crippen molar-refractivity contribution in [2.75, 3.05) is 14.2 Å². The highest BCUT2D eigenvalue weighted by Gasteiger charge is 2.51. The summed E-state index contributed by atoms with van der Waals surface area (Å²) in [5.74, 6) is -6.14. The van der Waals surface area contributed by atoms with Gasteiger partial charge in [-0.15, -0.1) is 0 Å². The number of aliphatic hydroxyl groups is 4. The van der Waals surface area contributed by atoms with E-state index in [9.17, 15) is 64.8 Å². The maximum Gasteiger partial charge on any atom is 0.355 e. The van der Waals surface area contributed by atoms with Crippen molar-refractivity contribution in [1.82, 2.24) is 10.9 Å². The van der Waals surface area contributed by atoms with E-state index in [1.54, 1.807) is 13.8 Å². The lowest BCUT2D eigenvalue weighted by Gasteiger charge is -2.42. The van der Waals surface area contributed by atoms with Gasteiger partial charge in [-0.05, 0) is 39.8 Å². The van der Waals surface area contributed by atoms with Crippen LogP contribution in [-0.4, -0.2) is 156 Å². The molecule has 0 aromatic heterocycles. The number of hydrazone groups is 2. The molecule has 10 rings (SSSR count). The van der Waals surface area contributed by atoms with Gasteiger partial charge in [-0.2, -0.15) is 10.2 Å². The first-order valence-electron chi connectivity index (χ1n) is 25.7. The van der Waals surface area contributed by atoms with Crippen molar-refractivity contribution in [3.63, 3.8) is 0 Å². The standard InChI is InChI=1S/C55H60N6O19/c1-19-43(62)27(56)13-33(77-19)79-31-17-54(73,15-25-37(31)51(70)41-39(47(25)66)45(64)23-9-7-11-29(75-5)35(23)49(41)68)21(3)58-60-53(72)61-59-22(4)55(74)16-26-38(32(18-55)80-34-14-28(57)44(63)20(2)78-34)52(71)42-40(48(26)67)46(65)24-10-8-12-30(76-6)36(24)50(42)69/h7-12,19-20,27-28,31-34,43-44,62-63,66-67,70-71,73-74H,13-18,56-57H2,1-6H3,(H2,60,61,72)/b58-21+,59-22+. The van der Waals surface area contributed by atoms with Gasteiger partial charge in [-0.25, -0.2) is 15.6 Å². The van der Waals surface area contributed by atoms with Crippen molar-refractivity contribution >= 4 is 40.6 Å². The molecule has 2 saturated heterocycles. The summed E-state index contributed by atoms with van der Waals surface area (Å²) in [6.07, 6.45) is -11.1. The van der Waals surface area contributed by atoms with E-state index in [4.69, 9.17) is 39.9 Å². The zero-order valence-electron chi connectivity index (χ0n) is 44.1. The van der Waals surface area contributed by atoms with Crippen LogP contribution in [-0.2, 0) is 31.8 Å². The van der Waals surface area contributed by atoms with Crippen molar-refractivity contribution in [1.29, 1.82) is 0 Å². The number of benzene rings is 4. The Labute approximate surface area is 455 Å². The first-order valence-corrected chi connectivity index (χ1v) is 25.7. The largest absolute Gasteiger partial charge is 0.507 e. The molecule has 25 heteroatoms. The first kappa shape index (κ1) is 55.9. The Hall–Kier alpha value is -7.43. The summed E-state index contributed by atoms with van der Waals surface area (Å²) >= 11 is 0. The molecule has 0 saturated carbocycles. The number of hydrogen-bond donors (Lipinski definition) is 12. The average molecular weight is 1110 g/mol. The Morgan fingerprint density at radius 3 is 1.31 bits per heavy atom. The Morgan fingerprint density at radius 1 is 0.600 bits per heavy atom. The van der Waals surface area contributed by atoms with Crippen LogP contribution in [0.4, 0.5) is 4.79 Å². The molecule has 2 aliphatic heterocycles. The highest BCUT2D eigenvalue weighted by molar-refractivity contribution is 6.32. The van der Waals surface area contributed by atoms with Gasteiger partial charge in [0.2, 0.25) is 11.6 Å². The number of nitrogens with one attached hydrogen (secondary N) is 2. The summed E-state index contributed by atoms with van der Waals surface area (Å²) in [6.45, 7) is 5.78. The summed E-state index contributed by atoms with van der Waals surface area (Å²) in [5, 5.41) is 102. The number of amides is 2. The molecule has 80 heavy (non-hydrogen) atoms. The SMILES string of the molecule is COc1cccc2c1C(=O)c1c(O)c3c(c(O)c1C2=O)CC(O)(/C(C)=N/NC(=O)N/N=C(\C)C1(O)Cc2c(O)c4c(c(O)c2C(OC2CC(N)C(O)C(C)O2)C1)C(=O)c1c(OC)cccc1C4=O)CC3OC1CC(N)C(O)C(C)O1. The molecule has 0 spiro atoms. The van der Waals surface area contributed by atoms with Crippen LogP contribution < -0.4 is 31.8 Å². The van der Waals surface area contributed by atoms with Crippen molar-refractivity contribution in [2.45, 2.75) is 139 Å². The molecule has 6 aliphatic rings. The lowest BCUT2D eigenvalue weighted by molar-refractivity contribution is -0.246. The van der Waals surface area contributed by atoms with Gasteiger partial charge >= 0.3 is 6.03 Å². The van der Waals surface area contributed by atoms with Gasteiger partial charge < -0.3 is 80.7 Å². The third-order valence-corrected chi connectivity index (χ3v) is 16.3. The average Bonchev–Trinajstić information content (AvgIpc) is 3.60. The van der Waals surface area contributed by atoms with E-state index in [0.29, 0.717) is 0 Å². The van der Waals surface area contributed by atoms with Crippen LogP contribution in [0.25, 0.3) is 0 Å². The van der Waals surface area contributed by atoms with Crippen LogP contribution in [0, 0.1) is 0 Å². The van der Waals surface area contributed by atoms with E-state index in [1.165, 1.54) is 64.5 Å². The van der Waals surface area contributed by atoms with Crippen molar-refractivity contribution in [2.24, 2.45) is 21.7 Å². The van der Waals surface area contributed by atoms with Gasteiger partial charge in [0.15, 0.2) is 24.1 Å². The second-order valence-electron chi connectivity index (χ2n) is 21.1. The number of nitrogens with two attached hydrogens (primary N) is 2. The Bertz CT molecular complexity index is 3140. The van der Waals surface area contributed by atoms with Crippen molar-refractivity contribution in [3.05, 3.63) is 103 Å². The predicted molar refractivity (Wildman–Crippen MR) is 277 cm³/mol. The van der Waals surface area contributed by atoms with Gasteiger partial charge in [-0.3, -0.25) is 19.2 Å². The van der Waals surface area contributed by atoms with Crippen LogP contribution in [0.15, 0.2) is 46.6 Å². The molecule has 4 aromatic carbocycles. The normalized spacial score (nSPS) is 30.1. The maximum atomic E-state index is 14.2. The fourth-order valence-electron chi connectivity index (χ4n) is 11.8. The number of ketones is 4. The minimum atomic E-state index is -2.15. The molecular weight excluding hydrogens is 1050 g/mol. The molecule has 0 radical (unpaired) electrons. The first-order chi connectivity index (χ1) is 37.8. The molecule has 4 aromatic rings. The third-order valence-electron chi connectivity index (χ3n) is 16.3. The van der Waals surface area contributed by atoms with Gasteiger partial charge in [0.05, 0.1) is 95.6 Å². The zero-order valence-corrected chi connectivity index (χ0v) is 44.1. The van der Waals surface area contributed by atoms with Gasteiger partial charge in [0.1, 0.15) is 45.7 Å². The number of ether oxygens (including phenoxy) is 6. The number of carbonyl (C=O) groups excluding carboxylic acids is 5. The number of urea groups is 1. The molecule has 25 nitrogen and oxygen atoms in total. The maximum absolute atomic E-state index is 14.2. The van der Waals surface area contributed by atoms with E-state index >= 15 is 0 Å². The fourth-order valence-corrected chi connectivity index (χ4v) is 11.8. The van der Waals surface area contributed by atoms with E-state index in [-0.39, 0.29) is 80.3 Å². The molecule has 12 atom stereocenters. The molecule has 2 amide bonds. The Morgan fingerprint density at radius 2 is 0.963 bits per heavy atom. The quantitative estimate of drug-likeness (QED) is 0.0530. The summed E-state index contributed by atoms with van der Waals surface area (Å²) in [6, 6.07) is 5.82. The van der Waals surface area contributed by atoms with E-state index in [2.05, 4.69) is 21.1 Å². The van der Waals surface area contributed by atoms with Crippen LogP contribution in [0.5, 0.6) is 34.5 Å². The molecule has 12 unspecified atom stereocenters. The molecule has 14 N–H and O–H groups in total. The summed E-state index contributed by atoms with van der Waals surface area (Å²) in [7, 11) is 2.60. The number of fused-ring (bicyclic) bond motifs is 6. The lowest BCUT2D eigenvalue weighted by Crippen LogP contribution is -2.52. The number of carbonyl (C=O) groups is 5. The van der Waals surface area contributed by atoms with E-state index in [1.807, 2.05) is 0 Å². The van der Waals surface area contributed by atoms with Gasteiger partial charge in [-0.1, -0.05) is 24.3 Å². The Kier molecular flexibility index (Phi) is 14.4. The third kappa shape index (κ3) is 9.02. The smallest absolute Gasteiger partial charge is 0.355 e. The molecule has 2 fully saturated rings. The number of nitrogens with zero attached hydrogens (tertiary/aromatic N) is 2. The number of aliphatic hydroxyl groups excluding tert-OH is 2. The summed E-state index contributed by atoms with van der Waals surface area (Å²) in [5.41, 5.74) is 8.83. The number of rotatable bonds is 10. The number of phenolic OH excluding ortho intramolecular Hbond substituents is 4. The highest BCUT2D eigenvalue weighted by Crippen LogP contribution is 2.55. The summed E-state index contributed by atoms with van der Waals surface area (Å²) in [4.78, 5) is 70.2. The van der Waals surface area contributed by atoms with Crippen LogP contribution in [0.2, 0.25) is 0 Å². The minimum absolute atomic E-state index is 0.0429. The second-order valence-corrected chi connectivity index (χ2v) is 21.1. The number of phenols is 4. The fraction of sp³-hybridized carbons (Fsp3) is 0.436. The van der Waals surface area contributed by atoms with Gasteiger partial charge in [0.25, 0.3) is 0 Å². The van der Waals surface area contributed by atoms with Gasteiger partial charge in [0, 0.05) is 84.0 Å². The van der Waals surface area contributed by atoms with Crippen LogP contribution in [0.3, 0.4) is 0 Å². The van der Waals surface area contributed by atoms with Crippen LogP contribution >= 0.6 is 0 Å². The number of methoxy groups -OCH3 is 2. The van der Waals surface area contributed by atoms with Crippen LogP contribution in [0.1, 0.15) is 152 Å². The molecule has 4 aliphatic carbocycles. The molecular formula is C55H60N6O19. The number of aromatic hydroxyl groups is 4. The summed E-state index contributed by atoms with van der Waals surface area (Å²) < 4.78 is 35.3. The highest BCUT2D eigenvalue weighted by atomic mass is 16.7. The topological polar surface area (TPSA) is 403 Å². The predicted octanol–water partition coefficient (Wildman–Crippen LogP) is 1.94. The number of hydrogen-bond acceptors (Lipinski definition) is 23.